The van der Waals surface area contributed by atoms with E-state index in [0.29, 0.717) is 19.4 Å². The molecule has 0 fully saturated rings. The van der Waals surface area contributed by atoms with Crippen LogP contribution in [0.15, 0.2) is 78.9 Å². The first kappa shape index (κ1) is 20.6. The molecular weight excluding hydrogens is 390 g/mol. The zero-order valence-corrected chi connectivity index (χ0v) is 17.2. The van der Waals surface area contributed by atoms with Gasteiger partial charge in [-0.3, -0.25) is 14.6 Å². The molecule has 0 spiro atoms. The van der Waals surface area contributed by atoms with E-state index in [-0.39, 0.29) is 5.91 Å². The summed E-state index contributed by atoms with van der Waals surface area (Å²) in [7, 11) is 0. The van der Waals surface area contributed by atoms with Gasteiger partial charge in [0.25, 0.3) is 0 Å². The first-order valence-electron chi connectivity index (χ1n) is 10.5. The van der Waals surface area contributed by atoms with Crippen molar-refractivity contribution in [3.05, 3.63) is 78.9 Å². The number of amides is 1. The van der Waals surface area contributed by atoms with Crippen molar-refractivity contribution in [2.24, 2.45) is 0 Å². The Bertz CT molecular complexity index is 1140. The van der Waals surface area contributed by atoms with E-state index in [9.17, 15) is 4.79 Å². The Labute approximate surface area is 181 Å². The number of imidazole rings is 1. The van der Waals surface area contributed by atoms with E-state index in [1.54, 1.807) is 5.48 Å². The molecule has 158 valence electrons. The molecule has 6 nitrogen and oxygen atoms in total. The number of carbonyl (C=O) groups is 1. The number of nitrogens with zero attached hydrogens (tertiary/aromatic N) is 2. The molecule has 31 heavy (non-hydrogen) atoms. The molecule has 2 N–H and O–H groups in total. The van der Waals surface area contributed by atoms with Gasteiger partial charge in [-0.25, -0.2) is 10.5 Å². The van der Waals surface area contributed by atoms with Gasteiger partial charge in [-0.1, -0.05) is 54.6 Å². The summed E-state index contributed by atoms with van der Waals surface area (Å²) in [4.78, 5) is 16.0. The van der Waals surface area contributed by atoms with Crippen LogP contribution in [0.4, 0.5) is 0 Å². The second kappa shape index (κ2) is 9.91. The summed E-state index contributed by atoms with van der Waals surface area (Å²) in [5.74, 6) is 1.26. The third-order valence-corrected chi connectivity index (χ3v) is 5.12. The van der Waals surface area contributed by atoms with E-state index in [4.69, 9.17) is 14.9 Å². The number of fused-ring (bicyclic) bond motifs is 1. The molecule has 0 saturated heterocycles. The molecule has 6 heteroatoms. The van der Waals surface area contributed by atoms with E-state index < -0.39 is 0 Å². The fourth-order valence-electron chi connectivity index (χ4n) is 3.61. The molecule has 0 aliphatic rings. The molecule has 0 aliphatic heterocycles. The SMILES string of the molecule is O=C(CCCCCOc1cccc2c1nc(-c1ccccc1)n2-c1ccccc1)NO. The highest BCUT2D eigenvalue weighted by Gasteiger charge is 2.17. The smallest absolute Gasteiger partial charge is 0.243 e. The van der Waals surface area contributed by atoms with Crippen LogP contribution in [0.2, 0.25) is 0 Å². The maximum Gasteiger partial charge on any atom is 0.243 e. The Morgan fingerprint density at radius 3 is 2.39 bits per heavy atom. The second-order valence-electron chi connectivity index (χ2n) is 7.29. The van der Waals surface area contributed by atoms with Crippen LogP contribution in [0.5, 0.6) is 5.75 Å². The van der Waals surface area contributed by atoms with Crippen molar-refractivity contribution >= 4 is 16.9 Å². The number of unbranched alkanes of at least 4 members (excludes halogenated alkanes) is 2. The molecule has 0 unspecified atom stereocenters. The van der Waals surface area contributed by atoms with Gasteiger partial charge in [0.1, 0.15) is 17.1 Å². The summed E-state index contributed by atoms with van der Waals surface area (Å²) in [5, 5.41) is 8.54. The van der Waals surface area contributed by atoms with Crippen LogP contribution in [0.3, 0.4) is 0 Å². The number of hydrogen-bond donors (Lipinski definition) is 2. The van der Waals surface area contributed by atoms with Crippen molar-refractivity contribution in [1.29, 1.82) is 0 Å². The molecule has 0 aliphatic carbocycles. The molecule has 1 heterocycles. The zero-order chi connectivity index (χ0) is 21.5. The van der Waals surface area contributed by atoms with Crippen molar-refractivity contribution < 1.29 is 14.7 Å². The van der Waals surface area contributed by atoms with Crippen LogP contribution in [-0.4, -0.2) is 27.3 Å². The number of hydroxylamine groups is 1. The van der Waals surface area contributed by atoms with Gasteiger partial charge in [0.15, 0.2) is 0 Å². The molecule has 0 saturated carbocycles. The predicted molar refractivity (Wildman–Crippen MR) is 120 cm³/mol. The van der Waals surface area contributed by atoms with Crippen LogP contribution >= 0.6 is 0 Å². The van der Waals surface area contributed by atoms with E-state index in [0.717, 1.165) is 46.7 Å². The van der Waals surface area contributed by atoms with Crippen LogP contribution in [0.25, 0.3) is 28.1 Å². The maximum absolute atomic E-state index is 11.1. The van der Waals surface area contributed by atoms with Crippen molar-refractivity contribution in [3.63, 3.8) is 0 Å². The summed E-state index contributed by atoms with van der Waals surface area (Å²) in [6, 6.07) is 26.3. The van der Waals surface area contributed by atoms with Crippen molar-refractivity contribution in [1.82, 2.24) is 15.0 Å². The van der Waals surface area contributed by atoms with Crippen molar-refractivity contribution in [2.45, 2.75) is 25.7 Å². The summed E-state index contributed by atoms with van der Waals surface area (Å²) < 4.78 is 8.22. The minimum Gasteiger partial charge on any atom is -0.491 e. The lowest BCUT2D eigenvalue weighted by molar-refractivity contribution is -0.129. The van der Waals surface area contributed by atoms with Gasteiger partial charge < -0.3 is 4.74 Å². The lowest BCUT2D eigenvalue weighted by Gasteiger charge is -2.10. The molecule has 1 amide bonds. The first-order valence-corrected chi connectivity index (χ1v) is 10.5. The van der Waals surface area contributed by atoms with Crippen LogP contribution in [-0.2, 0) is 4.79 Å². The van der Waals surface area contributed by atoms with Gasteiger partial charge in [0.05, 0.1) is 12.1 Å². The Morgan fingerprint density at radius 2 is 1.65 bits per heavy atom. The summed E-state index contributed by atoms with van der Waals surface area (Å²) in [6.45, 7) is 0.540. The highest BCUT2D eigenvalue weighted by molar-refractivity contribution is 5.88. The third-order valence-electron chi connectivity index (χ3n) is 5.12. The number of rotatable bonds is 9. The molecule has 1 aromatic heterocycles. The monoisotopic (exact) mass is 415 g/mol. The minimum atomic E-state index is -0.356. The van der Waals surface area contributed by atoms with Gasteiger partial charge in [-0.05, 0) is 43.5 Å². The van der Waals surface area contributed by atoms with Crippen molar-refractivity contribution in [2.75, 3.05) is 6.61 Å². The number of benzene rings is 3. The fraction of sp³-hybridized carbons (Fsp3) is 0.200. The summed E-state index contributed by atoms with van der Waals surface area (Å²) >= 11 is 0. The van der Waals surface area contributed by atoms with Gasteiger partial charge in [0, 0.05) is 17.7 Å². The number of aromatic nitrogens is 2. The minimum absolute atomic E-state index is 0.313. The second-order valence-corrected chi connectivity index (χ2v) is 7.29. The highest BCUT2D eigenvalue weighted by atomic mass is 16.5. The van der Waals surface area contributed by atoms with Gasteiger partial charge in [-0.2, -0.15) is 0 Å². The molecule has 0 bridgehead atoms. The number of para-hydroxylation sites is 2. The van der Waals surface area contributed by atoms with Crippen LogP contribution in [0.1, 0.15) is 25.7 Å². The van der Waals surface area contributed by atoms with E-state index in [2.05, 4.69) is 34.9 Å². The maximum atomic E-state index is 11.1. The lowest BCUT2D eigenvalue weighted by Crippen LogP contribution is -2.17. The van der Waals surface area contributed by atoms with Gasteiger partial charge >= 0.3 is 0 Å². The van der Waals surface area contributed by atoms with Crippen LogP contribution < -0.4 is 10.2 Å². The highest BCUT2D eigenvalue weighted by Crippen LogP contribution is 2.33. The quantitative estimate of drug-likeness (QED) is 0.226. The number of hydrogen-bond acceptors (Lipinski definition) is 4. The Kier molecular flexibility index (Phi) is 6.59. The van der Waals surface area contributed by atoms with Gasteiger partial charge in [0.2, 0.25) is 5.91 Å². The van der Waals surface area contributed by atoms with E-state index in [1.807, 2.05) is 48.5 Å². The molecule has 3 aromatic carbocycles. The molecule has 4 rings (SSSR count). The number of nitrogens with one attached hydrogen (secondary N) is 1. The zero-order valence-electron chi connectivity index (χ0n) is 17.2. The largest absolute Gasteiger partial charge is 0.491 e. The standard InChI is InChI=1S/C25H25N3O3/c29-23(27-30)17-8-3-9-18-31-22-16-10-15-21-24(22)26-25(19-11-4-1-5-12-19)28(21)20-13-6-2-7-14-20/h1-2,4-7,10-16,30H,3,8-9,17-18H2,(H,27,29). The van der Waals surface area contributed by atoms with Crippen molar-refractivity contribution in [3.8, 4) is 22.8 Å². The van der Waals surface area contributed by atoms with E-state index in [1.165, 1.54) is 0 Å². The number of carbonyl (C=O) groups excluding carboxylic acids is 1. The average Bonchev–Trinajstić information content (AvgIpc) is 3.22. The van der Waals surface area contributed by atoms with Crippen LogP contribution in [0, 0.1) is 0 Å². The summed E-state index contributed by atoms with van der Waals surface area (Å²) in [5.41, 5.74) is 5.55. The lowest BCUT2D eigenvalue weighted by atomic mass is 10.2. The topological polar surface area (TPSA) is 76.4 Å². The Balaban J connectivity index is 1.61. The third kappa shape index (κ3) is 4.75. The Hall–Kier alpha value is -3.64. The molecule has 4 aromatic rings. The van der Waals surface area contributed by atoms with Gasteiger partial charge in [-0.15, -0.1) is 0 Å². The first-order chi connectivity index (χ1) is 15.3. The average molecular weight is 415 g/mol. The number of ether oxygens (including phenoxy) is 1. The van der Waals surface area contributed by atoms with E-state index >= 15 is 0 Å². The fourth-order valence-corrected chi connectivity index (χ4v) is 3.61. The Morgan fingerprint density at radius 1 is 0.903 bits per heavy atom. The normalized spacial score (nSPS) is 10.9. The molecular formula is C25H25N3O3. The molecule has 0 atom stereocenters. The summed E-state index contributed by atoms with van der Waals surface area (Å²) in [6.07, 6.45) is 2.69. The predicted octanol–water partition coefficient (Wildman–Crippen LogP) is 5.14. The molecule has 0 radical (unpaired) electrons.